The van der Waals surface area contributed by atoms with Gasteiger partial charge < -0.3 is 5.32 Å². The van der Waals surface area contributed by atoms with E-state index in [1.807, 2.05) is 0 Å². The Labute approximate surface area is 111 Å². The van der Waals surface area contributed by atoms with Crippen LogP contribution < -0.4 is 5.32 Å². The molecule has 0 radical (unpaired) electrons. The molecule has 0 aromatic heterocycles. The van der Waals surface area contributed by atoms with E-state index < -0.39 is 0 Å². The Bertz CT molecular complexity index is 228. The molecule has 4 unspecified atom stereocenters. The number of hydrogen-bond donors (Lipinski definition) is 1. The van der Waals surface area contributed by atoms with Gasteiger partial charge in [-0.25, -0.2) is 0 Å². The molecule has 100 valence electrons. The monoisotopic (exact) mass is 256 g/mol. The quantitative estimate of drug-likeness (QED) is 0.832. The first-order chi connectivity index (χ1) is 8.20. The molecule has 2 saturated heterocycles. The van der Waals surface area contributed by atoms with Crippen molar-refractivity contribution in [2.75, 3.05) is 31.1 Å². The Morgan fingerprint density at radius 1 is 1.47 bits per heavy atom. The van der Waals surface area contributed by atoms with E-state index in [1.165, 1.54) is 44.0 Å². The summed E-state index contributed by atoms with van der Waals surface area (Å²) in [6.45, 7) is 10.8. The smallest absolute Gasteiger partial charge is 0.0221 e. The molecule has 17 heavy (non-hydrogen) atoms. The lowest BCUT2D eigenvalue weighted by atomic mass is 9.95. The summed E-state index contributed by atoms with van der Waals surface area (Å²) in [6.07, 6.45) is 2.73. The maximum Gasteiger partial charge on any atom is 0.0221 e. The van der Waals surface area contributed by atoms with Gasteiger partial charge in [-0.15, -0.1) is 0 Å². The van der Waals surface area contributed by atoms with Crippen LogP contribution in [-0.4, -0.2) is 48.1 Å². The molecule has 0 amide bonds. The van der Waals surface area contributed by atoms with Gasteiger partial charge in [0.05, 0.1) is 0 Å². The number of hydrogen-bond acceptors (Lipinski definition) is 3. The normalized spacial score (nSPS) is 37.2. The second-order valence-electron chi connectivity index (χ2n) is 5.93. The van der Waals surface area contributed by atoms with E-state index in [4.69, 9.17) is 0 Å². The minimum atomic E-state index is 0.713. The third kappa shape index (κ3) is 3.62. The molecule has 3 heteroatoms. The Morgan fingerprint density at radius 2 is 2.29 bits per heavy atom. The highest BCUT2D eigenvalue weighted by Crippen LogP contribution is 2.26. The van der Waals surface area contributed by atoms with Crippen LogP contribution in [0.1, 0.15) is 33.6 Å². The van der Waals surface area contributed by atoms with Gasteiger partial charge in [0.15, 0.2) is 0 Å². The second kappa shape index (κ2) is 6.44. The van der Waals surface area contributed by atoms with Crippen LogP contribution in [0.5, 0.6) is 0 Å². The molecule has 0 saturated carbocycles. The molecule has 0 spiro atoms. The van der Waals surface area contributed by atoms with E-state index in [0.29, 0.717) is 6.04 Å². The molecule has 0 bridgehead atoms. The highest BCUT2D eigenvalue weighted by atomic mass is 32.2. The molecular formula is C14H28N2S. The third-order valence-corrected chi connectivity index (χ3v) is 5.81. The largest absolute Gasteiger partial charge is 0.311 e. The van der Waals surface area contributed by atoms with E-state index in [1.54, 1.807) is 0 Å². The lowest BCUT2D eigenvalue weighted by molar-refractivity contribution is 0.105. The summed E-state index contributed by atoms with van der Waals surface area (Å²) in [5.74, 6) is 4.55. The summed E-state index contributed by atoms with van der Waals surface area (Å²) >= 11 is 2.14. The first kappa shape index (κ1) is 13.7. The van der Waals surface area contributed by atoms with Crippen molar-refractivity contribution < 1.29 is 0 Å². The average Bonchev–Trinajstić information content (AvgIpc) is 2.84. The van der Waals surface area contributed by atoms with E-state index in [9.17, 15) is 0 Å². The highest BCUT2D eigenvalue weighted by molar-refractivity contribution is 7.99. The van der Waals surface area contributed by atoms with Crippen LogP contribution in [0, 0.1) is 11.8 Å². The molecule has 2 aliphatic heterocycles. The first-order valence-corrected chi connectivity index (χ1v) is 8.41. The summed E-state index contributed by atoms with van der Waals surface area (Å²) in [7, 11) is 0. The number of nitrogens with one attached hydrogen (secondary N) is 1. The maximum atomic E-state index is 3.73. The van der Waals surface area contributed by atoms with E-state index in [0.717, 1.165) is 17.9 Å². The van der Waals surface area contributed by atoms with Crippen LogP contribution in [0.15, 0.2) is 0 Å². The minimum Gasteiger partial charge on any atom is -0.311 e. The molecule has 2 aliphatic rings. The van der Waals surface area contributed by atoms with Gasteiger partial charge in [0.1, 0.15) is 0 Å². The summed E-state index contributed by atoms with van der Waals surface area (Å²) in [5, 5.41) is 3.73. The Kier molecular flexibility index (Phi) is 5.19. The van der Waals surface area contributed by atoms with Crippen molar-refractivity contribution in [2.45, 2.75) is 45.7 Å². The van der Waals surface area contributed by atoms with Crippen LogP contribution in [0.2, 0.25) is 0 Å². The van der Waals surface area contributed by atoms with Gasteiger partial charge in [-0.3, -0.25) is 4.90 Å². The van der Waals surface area contributed by atoms with E-state index in [2.05, 4.69) is 42.7 Å². The van der Waals surface area contributed by atoms with Gasteiger partial charge in [-0.05, 0) is 36.7 Å². The maximum absolute atomic E-state index is 3.73. The number of rotatable bonds is 4. The molecule has 1 N–H and O–H groups in total. The minimum absolute atomic E-state index is 0.713. The molecule has 2 nitrogen and oxygen atoms in total. The summed E-state index contributed by atoms with van der Waals surface area (Å²) in [4.78, 5) is 2.74. The Morgan fingerprint density at radius 3 is 2.94 bits per heavy atom. The van der Waals surface area contributed by atoms with Crippen LogP contribution in [0.4, 0.5) is 0 Å². The van der Waals surface area contributed by atoms with Crippen molar-refractivity contribution in [3.63, 3.8) is 0 Å². The zero-order valence-electron chi connectivity index (χ0n) is 11.6. The molecular weight excluding hydrogens is 228 g/mol. The lowest BCUT2D eigenvalue weighted by Gasteiger charge is -2.42. The summed E-state index contributed by atoms with van der Waals surface area (Å²) in [5.41, 5.74) is 0. The zero-order chi connectivity index (χ0) is 12.3. The SMILES string of the molecule is CCC(C)C1CN(CC2CCSC2)C(C)CN1. The molecule has 2 fully saturated rings. The van der Waals surface area contributed by atoms with Crippen molar-refractivity contribution in [1.29, 1.82) is 0 Å². The number of thioether (sulfide) groups is 1. The van der Waals surface area contributed by atoms with Crippen molar-refractivity contribution >= 4 is 11.8 Å². The fraction of sp³-hybridized carbons (Fsp3) is 1.00. The fourth-order valence-corrected chi connectivity index (χ4v) is 4.20. The predicted octanol–water partition coefficient (Wildman–Crippen LogP) is 2.45. The summed E-state index contributed by atoms with van der Waals surface area (Å²) in [6, 6.07) is 1.44. The Balaban J connectivity index is 1.85. The fourth-order valence-electron chi connectivity index (χ4n) is 2.93. The van der Waals surface area contributed by atoms with Gasteiger partial charge in [-0.1, -0.05) is 20.3 Å². The number of nitrogens with zero attached hydrogens (tertiary/aromatic N) is 1. The molecule has 0 aromatic rings. The first-order valence-electron chi connectivity index (χ1n) is 7.25. The van der Waals surface area contributed by atoms with Gasteiger partial charge >= 0.3 is 0 Å². The van der Waals surface area contributed by atoms with Crippen molar-refractivity contribution in [3.05, 3.63) is 0 Å². The molecule has 2 rings (SSSR count). The van der Waals surface area contributed by atoms with Gasteiger partial charge in [0.2, 0.25) is 0 Å². The third-order valence-electron chi connectivity index (χ3n) is 4.58. The number of piperazine rings is 1. The van der Waals surface area contributed by atoms with Crippen LogP contribution in [-0.2, 0) is 0 Å². The molecule has 0 aliphatic carbocycles. The van der Waals surface area contributed by atoms with Gasteiger partial charge in [0, 0.05) is 31.7 Å². The van der Waals surface area contributed by atoms with Crippen molar-refractivity contribution in [2.24, 2.45) is 11.8 Å². The predicted molar refractivity (Wildman–Crippen MR) is 77.7 cm³/mol. The topological polar surface area (TPSA) is 15.3 Å². The molecule has 0 aromatic carbocycles. The second-order valence-corrected chi connectivity index (χ2v) is 7.08. The van der Waals surface area contributed by atoms with Crippen LogP contribution in [0.25, 0.3) is 0 Å². The van der Waals surface area contributed by atoms with Crippen LogP contribution >= 0.6 is 11.8 Å². The molecule has 2 heterocycles. The Hall–Kier alpha value is 0.270. The van der Waals surface area contributed by atoms with E-state index >= 15 is 0 Å². The van der Waals surface area contributed by atoms with Gasteiger partial charge in [-0.2, -0.15) is 11.8 Å². The van der Waals surface area contributed by atoms with Crippen molar-refractivity contribution in [1.82, 2.24) is 10.2 Å². The van der Waals surface area contributed by atoms with E-state index in [-0.39, 0.29) is 0 Å². The van der Waals surface area contributed by atoms with Crippen LogP contribution in [0.3, 0.4) is 0 Å². The van der Waals surface area contributed by atoms with Gasteiger partial charge in [0.25, 0.3) is 0 Å². The van der Waals surface area contributed by atoms with Crippen molar-refractivity contribution in [3.8, 4) is 0 Å². The molecule has 4 atom stereocenters. The standard InChI is InChI=1S/C14H28N2S/c1-4-11(2)14-9-16(12(3)7-15-14)8-13-5-6-17-10-13/h11-15H,4-10H2,1-3H3. The zero-order valence-corrected chi connectivity index (χ0v) is 12.4. The highest BCUT2D eigenvalue weighted by Gasteiger charge is 2.29. The lowest BCUT2D eigenvalue weighted by Crippen LogP contribution is -2.58. The average molecular weight is 256 g/mol. The summed E-state index contributed by atoms with van der Waals surface area (Å²) < 4.78 is 0.